The lowest BCUT2D eigenvalue weighted by Gasteiger charge is -2.20. The van der Waals surface area contributed by atoms with Crippen LogP contribution in [0.25, 0.3) is 0 Å². The van der Waals surface area contributed by atoms with Crippen molar-refractivity contribution in [3.63, 3.8) is 0 Å². The van der Waals surface area contributed by atoms with E-state index in [4.69, 9.17) is 9.47 Å². The zero-order valence-electron chi connectivity index (χ0n) is 22.9. The van der Waals surface area contributed by atoms with E-state index in [9.17, 15) is 0 Å². The number of methoxy groups -OCH3 is 2. The minimum Gasteiger partial charge on any atom is -0.497 e. The second-order valence-electron chi connectivity index (χ2n) is 9.56. The molecule has 0 saturated heterocycles. The molecule has 2 N–H and O–H groups in total. The van der Waals surface area contributed by atoms with E-state index in [0.717, 1.165) is 42.1 Å². The Labute approximate surface area is 233 Å². The highest BCUT2D eigenvalue weighted by atomic mass is 16.5. The van der Waals surface area contributed by atoms with Gasteiger partial charge in [0.05, 0.1) is 26.3 Å². The molecule has 4 rings (SSSR count). The second kappa shape index (κ2) is 13.9. The molecule has 39 heavy (non-hydrogen) atoms. The molecule has 0 radical (unpaired) electrons. The van der Waals surface area contributed by atoms with E-state index in [0.29, 0.717) is 0 Å². The third-order valence-corrected chi connectivity index (χ3v) is 6.84. The first-order valence-electron chi connectivity index (χ1n) is 13.3. The SMILES string of the molecule is C=CC[C@@H](Nc1ccc(Cc2ccc(N[C@H](CC=C)c3ccc(OC)cc3)cc2)cc1)c1ccc(OC)cc1. The van der Waals surface area contributed by atoms with E-state index in [-0.39, 0.29) is 12.1 Å². The molecule has 0 unspecified atom stereocenters. The third-order valence-electron chi connectivity index (χ3n) is 6.84. The quantitative estimate of drug-likeness (QED) is 0.164. The van der Waals surface area contributed by atoms with Crippen molar-refractivity contribution in [1.82, 2.24) is 0 Å². The molecule has 0 aliphatic rings. The van der Waals surface area contributed by atoms with Crippen LogP contribution in [-0.4, -0.2) is 14.2 Å². The average Bonchev–Trinajstić information content (AvgIpc) is 2.99. The number of ether oxygens (including phenoxy) is 2. The lowest BCUT2D eigenvalue weighted by molar-refractivity contribution is 0.414. The molecule has 0 aromatic heterocycles. The van der Waals surface area contributed by atoms with Crippen LogP contribution in [0.5, 0.6) is 11.5 Å². The zero-order chi connectivity index (χ0) is 27.5. The first kappa shape index (κ1) is 27.6. The molecule has 0 amide bonds. The topological polar surface area (TPSA) is 42.5 Å². The fourth-order valence-corrected chi connectivity index (χ4v) is 4.64. The van der Waals surface area contributed by atoms with E-state index in [1.807, 2.05) is 36.4 Å². The van der Waals surface area contributed by atoms with Crippen molar-refractivity contribution in [3.05, 3.63) is 145 Å². The summed E-state index contributed by atoms with van der Waals surface area (Å²) in [6.07, 6.45) is 6.45. The van der Waals surface area contributed by atoms with E-state index in [2.05, 4.69) is 96.6 Å². The van der Waals surface area contributed by atoms with E-state index in [1.165, 1.54) is 22.3 Å². The Hall–Kier alpha value is -4.44. The van der Waals surface area contributed by atoms with Gasteiger partial charge in [0.2, 0.25) is 0 Å². The fourth-order valence-electron chi connectivity index (χ4n) is 4.64. The maximum Gasteiger partial charge on any atom is 0.118 e. The minimum atomic E-state index is 0.155. The van der Waals surface area contributed by atoms with Crippen LogP contribution in [0.1, 0.15) is 47.2 Å². The second-order valence-corrected chi connectivity index (χ2v) is 9.56. The molecule has 0 heterocycles. The van der Waals surface area contributed by atoms with Gasteiger partial charge in [0, 0.05) is 11.4 Å². The summed E-state index contributed by atoms with van der Waals surface area (Å²) in [6.45, 7) is 7.87. The molecule has 4 aromatic rings. The highest BCUT2D eigenvalue weighted by molar-refractivity contribution is 5.50. The molecule has 0 spiro atoms. The summed E-state index contributed by atoms with van der Waals surface area (Å²) in [5.41, 5.74) is 7.13. The number of nitrogens with one attached hydrogen (secondary N) is 2. The van der Waals surface area contributed by atoms with Crippen molar-refractivity contribution in [3.8, 4) is 11.5 Å². The number of anilines is 2. The van der Waals surface area contributed by atoms with Gasteiger partial charge in [0.15, 0.2) is 0 Å². The average molecular weight is 519 g/mol. The van der Waals surface area contributed by atoms with Gasteiger partial charge in [-0.3, -0.25) is 0 Å². The summed E-state index contributed by atoms with van der Waals surface area (Å²) in [4.78, 5) is 0. The summed E-state index contributed by atoms with van der Waals surface area (Å²) in [7, 11) is 3.37. The summed E-state index contributed by atoms with van der Waals surface area (Å²) >= 11 is 0. The Morgan fingerprint density at radius 3 is 1.23 bits per heavy atom. The summed E-state index contributed by atoms with van der Waals surface area (Å²) in [5.74, 6) is 1.72. The molecule has 4 nitrogen and oxygen atoms in total. The van der Waals surface area contributed by atoms with Gasteiger partial charge >= 0.3 is 0 Å². The lowest BCUT2D eigenvalue weighted by atomic mass is 10.0. The van der Waals surface area contributed by atoms with Gasteiger partial charge in [-0.1, -0.05) is 60.7 Å². The molecule has 0 aliphatic carbocycles. The van der Waals surface area contributed by atoms with Crippen LogP contribution in [0.2, 0.25) is 0 Å². The normalized spacial score (nSPS) is 12.2. The van der Waals surface area contributed by atoms with Crippen molar-refractivity contribution >= 4 is 11.4 Å². The molecule has 0 saturated carbocycles. The van der Waals surface area contributed by atoms with Crippen LogP contribution in [-0.2, 0) is 6.42 Å². The molecule has 0 bridgehead atoms. The smallest absolute Gasteiger partial charge is 0.118 e. The van der Waals surface area contributed by atoms with Crippen LogP contribution in [0.4, 0.5) is 11.4 Å². The van der Waals surface area contributed by atoms with Gasteiger partial charge in [0.1, 0.15) is 11.5 Å². The summed E-state index contributed by atoms with van der Waals surface area (Å²) in [6, 6.07) is 34.1. The van der Waals surface area contributed by atoms with Gasteiger partial charge in [-0.2, -0.15) is 0 Å². The monoisotopic (exact) mass is 518 g/mol. The number of benzene rings is 4. The number of hydrogen-bond acceptors (Lipinski definition) is 4. The van der Waals surface area contributed by atoms with Gasteiger partial charge in [0.25, 0.3) is 0 Å². The molecule has 200 valence electrons. The van der Waals surface area contributed by atoms with Gasteiger partial charge in [-0.05, 0) is 90.0 Å². The van der Waals surface area contributed by atoms with E-state index in [1.54, 1.807) is 14.2 Å². The Bertz CT molecular complexity index is 1210. The summed E-state index contributed by atoms with van der Waals surface area (Å²) in [5, 5.41) is 7.29. The Morgan fingerprint density at radius 1 is 0.564 bits per heavy atom. The van der Waals surface area contributed by atoms with Crippen LogP contribution in [0.15, 0.2) is 122 Å². The van der Waals surface area contributed by atoms with Crippen molar-refractivity contribution in [1.29, 1.82) is 0 Å². The van der Waals surface area contributed by atoms with E-state index < -0.39 is 0 Å². The Kier molecular flexibility index (Phi) is 9.85. The van der Waals surface area contributed by atoms with Crippen LogP contribution in [0.3, 0.4) is 0 Å². The molecular weight excluding hydrogens is 480 g/mol. The lowest BCUT2D eigenvalue weighted by Crippen LogP contribution is -2.10. The van der Waals surface area contributed by atoms with Crippen LogP contribution < -0.4 is 20.1 Å². The third kappa shape index (κ3) is 7.78. The Morgan fingerprint density at radius 2 is 0.923 bits per heavy atom. The summed E-state index contributed by atoms with van der Waals surface area (Å²) < 4.78 is 10.6. The number of hydrogen-bond donors (Lipinski definition) is 2. The molecule has 4 aromatic carbocycles. The predicted molar refractivity (Wildman–Crippen MR) is 164 cm³/mol. The van der Waals surface area contributed by atoms with Crippen molar-refractivity contribution in [2.75, 3.05) is 24.9 Å². The fraction of sp³-hybridized carbons (Fsp3) is 0.200. The van der Waals surface area contributed by atoms with E-state index >= 15 is 0 Å². The predicted octanol–water partition coefficient (Wildman–Crippen LogP) is 8.75. The molecule has 4 heteroatoms. The Balaban J connectivity index is 1.37. The largest absolute Gasteiger partial charge is 0.497 e. The number of rotatable bonds is 14. The highest BCUT2D eigenvalue weighted by Crippen LogP contribution is 2.27. The van der Waals surface area contributed by atoms with Crippen molar-refractivity contribution < 1.29 is 9.47 Å². The first-order chi connectivity index (χ1) is 19.1. The molecule has 2 atom stereocenters. The molecular formula is C35H38N2O2. The maximum atomic E-state index is 5.30. The van der Waals surface area contributed by atoms with Crippen molar-refractivity contribution in [2.24, 2.45) is 0 Å². The van der Waals surface area contributed by atoms with Gasteiger partial charge in [-0.15, -0.1) is 13.2 Å². The highest BCUT2D eigenvalue weighted by Gasteiger charge is 2.12. The van der Waals surface area contributed by atoms with Gasteiger partial charge < -0.3 is 20.1 Å². The van der Waals surface area contributed by atoms with Crippen molar-refractivity contribution in [2.45, 2.75) is 31.3 Å². The molecule has 0 fully saturated rings. The zero-order valence-corrected chi connectivity index (χ0v) is 22.9. The van der Waals surface area contributed by atoms with Crippen LogP contribution >= 0.6 is 0 Å². The van der Waals surface area contributed by atoms with Gasteiger partial charge in [-0.25, -0.2) is 0 Å². The van der Waals surface area contributed by atoms with Crippen LogP contribution in [0, 0.1) is 0 Å². The standard InChI is InChI=1S/C35H38N2O2/c1-5-7-34(28-13-21-32(38-3)22-14-28)36-30-17-9-26(10-18-30)25-27-11-19-31(20-12-27)37-35(8-6-2)29-15-23-33(39-4)24-16-29/h5-6,9-24,34-37H,1-2,7-8,25H2,3-4H3/t34-,35-/m1/s1. The maximum absolute atomic E-state index is 5.30. The molecule has 0 aliphatic heterocycles. The first-order valence-corrected chi connectivity index (χ1v) is 13.3. The minimum absolute atomic E-state index is 0.155.